The molecule has 1 N–H and O–H groups in total. The summed E-state index contributed by atoms with van der Waals surface area (Å²) in [4.78, 5) is 9.72. The molecule has 0 saturated carbocycles. The maximum Gasteiger partial charge on any atom is 0.138 e. The Labute approximate surface area is 111 Å². The van der Waals surface area contributed by atoms with E-state index in [2.05, 4.69) is 34.2 Å². The molecule has 0 aliphatic rings. The molecule has 0 amide bonds. The fourth-order valence-corrected chi connectivity index (χ4v) is 2.60. The molecule has 0 radical (unpaired) electrons. The Kier molecular flexibility index (Phi) is 4.43. The van der Waals surface area contributed by atoms with Crippen molar-refractivity contribution in [3.8, 4) is 0 Å². The van der Waals surface area contributed by atoms with Gasteiger partial charge in [-0.3, -0.25) is 4.98 Å². The van der Waals surface area contributed by atoms with E-state index in [1.165, 1.54) is 4.88 Å². The average Bonchev–Trinajstić information content (AvgIpc) is 2.96. The predicted molar refractivity (Wildman–Crippen MR) is 72.5 cm³/mol. The summed E-state index contributed by atoms with van der Waals surface area (Å²) in [5.41, 5.74) is 1.86. The van der Waals surface area contributed by atoms with Gasteiger partial charge in [0, 0.05) is 30.1 Å². The van der Waals surface area contributed by atoms with Crippen LogP contribution in [-0.2, 0) is 13.0 Å². The fraction of sp³-hybridized carbons (Fsp3) is 0.583. The molecule has 0 aromatic carbocycles. The van der Waals surface area contributed by atoms with Crippen molar-refractivity contribution >= 4 is 11.3 Å². The first-order chi connectivity index (χ1) is 8.70. The van der Waals surface area contributed by atoms with Gasteiger partial charge < -0.3 is 5.32 Å². The van der Waals surface area contributed by atoms with Gasteiger partial charge in [0.1, 0.15) is 12.2 Å². The first-order valence-corrected chi connectivity index (χ1v) is 7.01. The van der Waals surface area contributed by atoms with Crippen LogP contribution in [0.15, 0.2) is 18.0 Å². The maximum atomic E-state index is 4.36. The summed E-state index contributed by atoms with van der Waals surface area (Å²) in [6.07, 6.45) is 4.39. The van der Waals surface area contributed by atoms with E-state index in [4.69, 9.17) is 0 Å². The normalized spacial score (nSPS) is 13.1. The van der Waals surface area contributed by atoms with Gasteiger partial charge in [-0.1, -0.05) is 13.8 Å². The van der Waals surface area contributed by atoms with E-state index in [1.54, 1.807) is 17.7 Å². The molecule has 5 nitrogen and oxygen atoms in total. The largest absolute Gasteiger partial charge is 0.312 e. The third kappa shape index (κ3) is 3.14. The summed E-state index contributed by atoms with van der Waals surface area (Å²) in [5.74, 6) is 1.60. The highest BCUT2D eigenvalue weighted by Crippen LogP contribution is 2.20. The lowest BCUT2D eigenvalue weighted by Gasteiger charge is -2.15. The molecule has 98 valence electrons. The number of aromatic nitrogens is 4. The quantitative estimate of drug-likeness (QED) is 0.866. The van der Waals surface area contributed by atoms with Crippen LogP contribution in [0.4, 0.5) is 0 Å². The number of hydrogen-bond acceptors (Lipinski definition) is 5. The van der Waals surface area contributed by atoms with Crippen LogP contribution in [0.3, 0.4) is 0 Å². The average molecular weight is 265 g/mol. The van der Waals surface area contributed by atoms with Crippen molar-refractivity contribution in [1.82, 2.24) is 25.1 Å². The van der Waals surface area contributed by atoms with Gasteiger partial charge in [-0.15, -0.1) is 11.3 Å². The van der Waals surface area contributed by atoms with Crippen LogP contribution in [0.1, 0.15) is 30.6 Å². The Morgan fingerprint density at radius 1 is 1.44 bits per heavy atom. The summed E-state index contributed by atoms with van der Waals surface area (Å²) in [6, 6.07) is 0.257. The van der Waals surface area contributed by atoms with Crippen LogP contribution in [-0.4, -0.2) is 26.8 Å². The first-order valence-electron chi connectivity index (χ1n) is 6.13. The molecule has 1 atom stereocenters. The van der Waals surface area contributed by atoms with Crippen LogP contribution >= 0.6 is 11.3 Å². The van der Waals surface area contributed by atoms with Crippen LogP contribution < -0.4 is 5.32 Å². The highest BCUT2D eigenvalue weighted by atomic mass is 32.1. The van der Waals surface area contributed by atoms with Gasteiger partial charge in [0.2, 0.25) is 0 Å². The van der Waals surface area contributed by atoms with Crippen LogP contribution in [0.2, 0.25) is 0 Å². The first kappa shape index (κ1) is 13.2. The molecule has 0 bridgehead atoms. The number of nitrogens with one attached hydrogen (secondary N) is 1. The summed E-state index contributed by atoms with van der Waals surface area (Å²) < 4.78 is 2.00. The van der Waals surface area contributed by atoms with Gasteiger partial charge in [0.15, 0.2) is 0 Å². The van der Waals surface area contributed by atoms with E-state index in [0.29, 0.717) is 5.92 Å². The van der Waals surface area contributed by atoms with Crippen molar-refractivity contribution in [2.45, 2.75) is 32.9 Å². The summed E-state index contributed by atoms with van der Waals surface area (Å²) in [6.45, 7) is 5.28. The van der Waals surface area contributed by atoms with Crippen molar-refractivity contribution < 1.29 is 0 Å². The van der Waals surface area contributed by atoms with Crippen molar-refractivity contribution in [3.05, 3.63) is 28.7 Å². The monoisotopic (exact) mass is 265 g/mol. The molecule has 0 aliphatic carbocycles. The van der Waals surface area contributed by atoms with E-state index in [0.717, 1.165) is 18.8 Å². The lowest BCUT2D eigenvalue weighted by molar-refractivity contribution is 0.452. The lowest BCUT2D eigenvalue weighted by atomic mass is 10.1. The molecule has 18 heavy (non-hydrogen) atoms. The minimum Gasteiger partial charge on any atom is -0.312 e. The molecule has 6 heteroatoms. The van der Waals surface area contributed by atoms with E-state index in [1.807, 2.05) is 23.4 Å². The Bertz CT molecular complexity index is 463. The van der Waals surface area contributed by atoms with Crippen LogP contribution in [0.25, 0.3) is 0 Å². The molecular formula is C12H19N5S. The third-order valence-electron chi connectivity index (χ3n) is 2.76. The molecule has 0 saturated heterocycles. The Morgan fingerprint density at radius 3 is 2.89 bits per heavy atom. The minimum atomic E-state index is 0.257. The summed E-state index contributed by atoms with van der Waals surface area (Å²) >= 11 is 1.67. The van der Waals surface area contributed by atoms with Gasteiger partial charge in [0.05, 0.1) is 5.51 Å². The molecule has 0 fully saturated rings. The van der Waals surface area contributed by atoms with Crippen LogP contribution in [0, 0.1) is 5.92 Å². The maximum absolute atomic E-state index is 4.36. The van der Waals surface area contributed by atoms with Crippen molar-refractivity contribution in [2.24, 2.45) is 5.92 Å². The Balaban J connectivity index is 2.10. The smallest absolute Gasteiger partial charge is 0.138 e. The number of rotatable bonds is 6. The molecule has 2 aromatic rings. The second-order valence-corrected chi connectivity index (χ2v) is 5.62. The minimum absolute atomic E-state index is 0.257. The zero-order valence-corrected chi connectivity index (χ0v) is 11.8. The molecule has 2 heterocycles. The van der Waals surface area contributed by atoms with E-state index >= 15 is 0 Å². The number of thiazole rings is 1. The molecule has 2 rings (SSSR count). The van der Waals surface area contributed by atoms with Crippen molar-refractivity contribution in [3.63, 3.8) is 0 Å². The summed E-state index contributed by atoms with van der Waals surface area (Å²) in [5, 5.41) is 7.60. The lowest BCUT2D eigenvalue weighted by Crippen LogP contribution is -2.21. The van der Waals surface area contributed by atoms with Gasteiger partial charge in [0.25, 0.3) is 0 Å². The summed E-state index contributed by atoms with van der Waals surface area (Å²) in [7, 11) is 1.97. The number of nitrogens with zero attached hydrogens (tertiary/aromatic N) is 4. The second kappa shape index (κ2) is 6.06. The number of hydrogen-bond donors (Lipinski definition) is 1. The topological polar surface area (TPSA) is 55.6 Å². The molecule has 0 aliphatic heterocycles. The number of likely N-dealkylation sites (N-methyl/N-ethyl adjacent to an activating group) is 1. The van der Waals surface area contributed by atoms with Gasteiger partial charge in [-0.25, -0.2) is 9.67 Å². The van der Waals surface area contributed by atoms with E-state index < -0.39 is 0 Å². The zero-order valence-electron chi connectivity index (χ0n) is 11.0. The standard InChI is InChI=1S/C12H19N5S/c1-9(2)6-17-12(15-7-16-17)4-10(13-3)11-5-14-8-18-11/h5,7-10,13H,4,6H2,1-3H3. The van der Waals surface area contributed by atoms with Crippen LogP contribution in [0.5, 0.6) is 0 Å². The Morgan fingerprint density at radius 2 is 2.28 bits per heavy atom. The molecular weight excluding hydrogens is 246 g/mol. The third-order valence-corrected chi connectivity index (χ3v) is 3.65. The second-order valence-electron chi connectivity index (χ2n) is 4.70. The van der Waals surface area contributed by atoms with Crippen molar-refractivity contribution in [1.29, 1.82) is 0 Å². The van der Waals surface area contributed by atoms with Crippen molar-refractivity contribution in [2.75, 3.05) is 7.05 Å². The van der Waals surface area contributed by atoms with Gasteiger partial charge in [-0.05, 0) is 13.0 Å². The Hall–Kier alpha value is -1.27. The molecule has 1 unspecified atom stereocenters. The molecule has 2 aromatic heterocycles. The molecule has 0 spiro atoms. The van der Waals surface area contributed by atoms with E-state index in [-0.39, 0.29) is 6.04 Å². The SMILES string of the molecule is CNC(Cc1ncnn1CC(C)C)c1cncs1. The predicted octanol–water partition coefficient (Wildman–Crippen LogP) is 1.89. The van der Waals surface area contributed by atoms with E-state index in [9.17, 15) is 0 Å². The highest BCUT2D eigenvalue weighted by Gasteiger charge is 2.15. The highest BCUT2D eigenvalue weighted by molar-refractivity contribution is 7.09. The van der Waals surface area contributed by atoms with Gasteiger partial charge in [-0.2, -0.15) is 5.10 Å². The fourth-order valence-electron chi connectivity index (χ4n) is 1.87. The zero-order chi connectivity index (χ0) is 13.0. The van der Waals surface area contributed by atoms with Gasteiger partial charge >= 0.3 is 0 Å².